The average molecular weight is 350 g/mol. The summed E-state index contributed by atoms with van der Waals surface area (Å²) < 4.78 is 27.4. The molecule has 0 saturated carbocycles. The summed E-state index contributed by atoms with van der Waals surface area (Å²) in [6.45, 7) is 1.84. The Morgan fingerprint density at radius 3 is 2.50 bits per heavy atom. The van der Waals surface area contributed by atoms with E-state index in [1.165, 1.54) is 17.3 Å². The first kappa shape index (κ1) is 17.9. The van der Waals surface area contributed by atoms with Crippen molar-refractivity contribution in [2.45, 2.75) is 31.2 Å². The van der Waals surface area contributed by atoms with Gasteiger partial charge in [-0.15, -0.1) is 0 Å². The molecule has 1 aliphatic rings. The van der Waals surface area contributed by atoms with Gasteiger partial charge >= 0.3 is 0 Å². The van der Waals surface area contributed by atoms with Gasteiger partial charge in [-0.2, -0.15) is 9.57 Å². The van der Waals surface area contributed by atoms with Crippen LogP contribution in [0.5, 0.6) is 0 Å². The predicted molar refractivity (Wildman–Crippen MR) is 86.2 cm³/mol. The lowest BCUT2D eigenvalue weighted by molar-refractivity contribution is -0.115. The van der Waals surface area contributed by atoms with E-state index >= 15 is 0 Å². The molecule has 1 aromatic rings. The molecule has 8 nitrogen and oxygen atoms in total. The van der Waals surface area contributed by atoms with Gasteiger partial charge in [0.15, 0.2) is 5.78 Å². The molecule has 2 N–H and O–H groups in total. The molecular weight excluding hydrogens is 332 g/mol. The number of nitrogens with zero attached hydrogens (tertiary/aromatic N) is 3. The summed E-state index contributed by atoms with van der Waals surface area (Å²) in [7, 11) is -3.70. The third-order valence-electron chi connectivity index (χ3n) is 3.76. The van der Waals surface area contributed by atoms with Gasteiger partial charge < -0.3 is 10.3 Å². The minimum atomic E-state index is -3.70. The number of allylic oxidation sites excluding steroid dienone is 2. The molecular formula is C15H18N4O4S. The van der Waals surface area contributed by atoms with Crippen molar-refractivity contribution in [3.05, 3.63) is 40.0 Å². The molecule has 2 rings (SSSR count). The molecule has 0 unspecified atom stereocenters. The van der Waals surface area contributed by atoms with Gasteiger partial charge in [0.05, 0.1) is 11.4 Å². The van der Waals surface area contributed by atoms with Crippen LogP contribution in [0.15, 0.2) is 39.3 Å². The van der Waals surface area contributed by atoms with E-state index in [1.807, 2.05) is 0 Å². The molecule has 2 heterocycles. The largest absolute Gasteiger partial charge is 0.401 e. The van der Waals surface area contributed by atoms with Crippen LogP contribution in [0.25, 0.3) is 0 Å². The molecule has 9 heteroatoms. The minimum Gasteiger partial charge on any atom is -0.401 e. The van der Waals surface area contributed by atoms with E-state index in [2.05, 4.69) is 0 Å². The highest BCUT2D eigenvalue weighted by molar-refractivity contribution is 7.89. The lowest BCUT2D eigenvalue weighted by Crippen LogP contribution is -2.30. The van der Waals surface area contributed by atoms with Crippen molar-refractivity contribution < 1.29 is 13.2 Å². The molecule has 1 aliphatic heterocycles. The third kappa shape index (κ3) is 3.55. The summed E-state index contributed by atoms with van der Waals surface area (Å²) in [6.07, 6.45) is 2.72. The summed E-state index contributed by atoms with van der Waals surface area (Å²) in [5.41, 5.74) is 4.75. The van der Waals surface area contributed by atoms with Crippen molar-refractivity contribution in [2.75, 3.05) is 13.1 Å². The fourth-order valence-electron chi connectivity index (χ4n) is 2.47. The predicted octanol–water partition coefficient (Wildman–Crippen LogP) is -0.0418. The Labute approximate surface area is 139 Å². The Morgan fingerprint density at radius 2 is 1.96 bits per heavy atom. The van der Waals surface area contributed by atoms with Crippen LogP contribution in [0.2, 0.25) is 0 Å². The normalized spacial score (nSPS) is 16.5. The number of rotatable bonds is 5. The zero-order valence-corrected chi connectivity index (χ0v) is 14.0. The van der Waals surface area contributed by atoms with Crippen molar-refractivity contribution >= 4 is 15.8 Å². The number of aromatic nitrogens is 1. The van der Waals surface area contributed by atoms with Crippen LogP contribution >= 0.6 is 0 Å². The Morgan fingerprint density at radius 1 is 1.33 bits per heavy atom. The number of nitriles is 1. The van der Waals surface area contributed by atoms with Crippen LogP contribution in [0, 0.1) is 11.3 Å². The molecule has 0 spiro atoms. The Balaban J connectivity index is 2.37. The topological polar surface area (TPSA) is 126 Å². The number of Topliss-reactive ketones (excluding diaryl/α,β-unsaturated/α-hetero) is 1. The maximum Gasteiger partial charge on any atom is 0.251 e. The average Bonchev–Trinajstić information content (AvgIpc) is 3.04. The number of pyridine rings is 1. The first-order valence-corrected chi connectivity index (χ1v) is 8.81. The van der Waals surface area contributed by atoms with Gasteiger partial charge in [-0.25, -0.2) is 8.42 Å². The molecule has 0 radical (unpaired) electrons. The highest BCUT2D eigenvalue weighted by Crippen LogP contribution is 2.19. The maximum absolute atomic E-state index is 12.5. The number of nitrogens with two attached hydrogens (primary N) is 1. The fourth-order valence-corrected chi connectivity index (χ4v) is 4.00. The van der Waals surface area contributed by atoms with Crippen LogP contribution in [-0.4, -0.2) is 36.2 Å². The molecule has 0 amide bonds. The van der Waals surface area contributed by atoms with Crippen molar-refractivity contribution in [3.8, 4) is 6.07 Å². The van der Waals surface area contributed by atoms with Crippen molar-refractivity contribution in [2.24, 2.45) is 5.73 Å². The monoisotopic (exact) mass is 350 g/mol. The molecule has 1 aromatic heterocycles. The quantitative estimate of drug-likeness (QED) is 0.586. The van der Waals surface area contributed by atoms with Crippen molar-refractivity contribution in [1.29, 1.82) is 5.26 Å². The molecule has 0 aromatic carbocycles. The highest BCUT2D eigenvalue weighted by atomic mass is 32.2. The summed E-state index contributed by atoms with van der Waals surface area (Å²) >= 11 is 0. The first-order valence-electron chi connectivity index (χ1n) is 7.37. The van der Waals surface area contributed by atoms with E-state index in [0.717, 1.165) is 29.7 Å². The number of ketones is 1. The number of sulfonamides is 1. The Kier molecular flexibility index (Phi) is 5.21. The number of hydrogen-bond acceptors (Lipinski definition) is 6. The number of carbonyl (C=O) groups excluding carboxylic acids is 1. The molecule has 0 aliphatic carbocycles. The SMILES string of the molecule is C/C(N)=C(/C#N)C(=O)Cn1cc(S(=O)(=O)N2CCCC2)ccc1=O. The molecule has 0 atom stereocenters. The van der Waals surface area contributed by atoms with Crippen LogP contribution in [0.3, 0.4) is 0 Å². The summed E-state index contributed by atoms with van der Waals surface area (Å²) in [5.74, 6) is -0.643. The van der Waals surface area contributed by atoms with E-state index in [-0.39, 0.29) is 16.2 Å². The van der Waals surface area contributed by atoms with Crippen LogP contribution < -0.4 is 11.3 Å². The second-order valence-electron chi connectivity index (χ2n) is 5.54. The zero-order valence-electron chi connectivity index (χ0n) is 13.2. The third-order valence-corrected chi connectivity index (χ3v) is 5.64. The van der Waals surface area contributed by atoms with Crippen LogP contribution in [0.4, 0.5) is 0 Å². The summed E-state index contributed by atoms with van der Waals surface area (Å²) in [6, 6.07) is 4.02. The van der Waals surface area contributed by atoms with Crippen LogP contribution in [0.1, 0.15) is 19.8 Å². The van der Waals surface area contributed by atoms with E-state index in [1.54, 1.807) is 6.07 Å². The van der Waals surface area contributed by atoms with Gasteiger partial charge in [0, 0.05) is 31.0 Å². The lowest BCUT2D eigenvalue weighted by Gasteiger charge is -2.16. The Bertz CT molecular complexity index is 883. The zero-order chi connectivity index (χ0) is 17.9. The van der Waals surface area contributed by atoms with Crippen LogP contribution in [-0.2, 0) is 21.4 Å². The second-order valence-corrected chi connectivity index (χ2v) is 7.47. The Hall–Kier alpha value is -2.44. The summed E-state index contributed by atoms with van der Waals surface area (Å²) in [4.78, 5) is 23.9. The molecule has 0 bridgehead atoms. The van der Waals surface area contributed by atoms with Gasteiger partial charge in [-0.05, 0) is 25.8 Å². The summed E-state index contributed by atoms with van der Waals surface area (Å²) in [5, 5.41) is 8.94. The molecule has 1 saturated heterocycles. The fraction of sp³-hybridized carbons (Fsp3) is 0.400. The van der Waals surface area contributed by atoms with E-state index in [4.69, 9.17) is 11.0 Å². The molecule has 24 heavy (non-hydrogen) atoms. The van der Waals surface area contributed by atoms with Gasteiger partial charge in [0.25, 0.3) is 5.56 Å². The molecule has 1 fully saturated rings. The van der Waals surface area contributed by atoms with E-state index in [0.29, 0.717) is 13.1 Å². The molecule has 128 valence electrons. The van der Waals surface area contributed by atoms with E-state index < -0.39 is 27.9 Å². The second kappa shape index (κ2) is 6.98. The van der Waals surface area contributed by atoms with Gasteiger partial charge in [0.1, 0.15) is 11.6 Å². The number of hydrogen-bond donors (Lipinski definition) is 1. The van der Waals surface area contributed by atoms with Crippen molar-refractivity contribution in [1.82, 2.24) is 8.87 Å². The first-order chi connectivity index (χ1) is 11.3. The van der Waals surface area contributed by atoms with E-state index in [9.17, 15) is 18.0 Å². The smallest absolute Gasteiger partial charge is 0.251 e. The lowest BCUT2D eigenvalue weighted by atomic mass is 10.1. The highest BCUT2D eigenvalue weighted by Gasteiger charge is 2.27. The van der Waals surface area contributed by atoms with Gasteiger partial charge in [-0.3, -0.25) is 9.59 Å². The minimum absolute atomic E-state index is 0.0521. The maximum atomic E-state index is 12.5. The van der Waals surface area contributed by atoms with Gasteiger partial charge in [0.2, 0.25) is 10.0 Å². The van der Waals surface area contributed by atoms with Gasteiger partial charge in [-0.1, -0.05) is 0 Å². The number of carbonyl (C=O) groups is 1. The van der Waals surface area contributed by atoms with Crippen molar-refractivity contribution in [3.63, 3.8) is 0 Å². The standard InChI is InChI=1S/C15H18N4O4S/c1-11(17)13(8-16)14(20)10-18-9-12(4-5-15(18)21)24(22,23)19-6-2-3-7-19/h4-5,9H,2-3,6-7,10,17H2,1H3/b13-11+.